The van der Waals surface area contributed by atoms with Crippen molar-refractivity contribution in [3.63, 3.8) is 0 Å². The molecule has 0 spiro atoms. The van der Waals surface area contributed by atoms with Crippen LogP contribution in [0.3, 0.4) is 0 Å². The maximum absolute atomic E-state index is 11.4. The average molecular weight is 260 g/mol. The van der Waals surface area contributed by atoms with Crippen LogP contribution in [0.25, 0.3) is 0 Å². The minimum Gasteiger partial charge on any atom is -0.452 e. The van der Waals surface area contributed by atoms with Gasteiger partial charge in [0, 0.05) is 0 Å². The zero-order valence-electron chi connectivity index (χ0n) is 9.00. The van der Waals surface area contributed by atoms with Crippen molar-refractivity contribution in [3.8, 4) is 0 Å². The van der Waals surface area contributed by atoms with Gasteiger partial charge in [-0.25, -0.2) is 9.52 Å². The van der Waals surface area contributed by atoms with Crippen LogP contribution in [0.4, 0.5) is 10.5 Å². The van der Waals surface area contributed by atoms with Crippen molar-refractivity contribution >= 4 is 22.0 Å². The lowest BCUT2D eigenvalue weighted by molar-refractivity contribution is 0.177. The predicted molar refractivity (Wildman–Crippen MR) is 60.4 cm³/mol. The molecule has 7 nitrogen and oxygen atoms in total. The number of hydrogen-bond donors (Lipinski definition) is 3. The molecular formula is C9H12N2O5S. The number of anilines is 1. The molecule has 0 aliphatic carbocycles. The van der Waals surface area contributed by atoms with Crippen LogP contribution in [0, 0.1) is 0 Å². The van der Waals surface area contributed by atoms with Gasteiger partial charge in [-0.15, -0.1) is 0 Å². The Morgan fingerprint density at radius 3 is 2.76 bits per heavy atom. The van der Waals surface area contributed by atoms with Crippen LogP contribution < -0.4 is 9.44 Å². The van der Waals surface area contributed by atoms with E-state index in [0.717, 1.165) is 7.11 Å². The summed E-state index contributed by atoms with van der Waals surface area (Å²) in [5, 5.41) is 8.88. The molecule has 94 valence electrons. The highest BCUT2D eigenvalue weighted by molar-refractivity contribution is 7.91. The molecule has 0 radical (unpaired) electrons. The first-order valence-corrected chi connectivity index (χ1v) is 6.03. The summed E-state index contributed by atoms with van der Waals surface area (Å²) in [5.74, 6) is 0. The first-order valence-electron chi connectivity index (χ1n) is 4.55. The molecule has 8 heteroatoms. The fourth-order valence-corrected chi connectivity index (χ4v) is 1.86. The van der Waals surface area contributed by atoms with Gasteiger partial charge in [-0.1, -0.05) is 12.1 Å². The molecule has 0 atom stereocenters. The standard InChI is InChI=1S/C9H12N2O5S/c1-16-9(13)11-17(14,15)10-8-4-2-3-7(5-8)6-12/h2-5,10,12H,6H2,1H3,(H,11,13). The van der Waals surface area contributed by atoms with E-state index in [9.17, 15) is 13.2 Å². The molecule has 17 heavy (non-hydrogen) atoms. The van der Waals surface area contributed by atoms with E-state index in [4.69, 9.17) is 5.11 Å². The highest BCUT2D eigenvalue weighted by Gasteiger charge is 2.14. The molecular weight excluding hydrogens is 248 g/mol. The van der Waals surface area contributed by atoms with E-state index >= 15 is 0 Å². The topological polar surface area (TPSA) is 105 Å². The van der Waals surface area contributed by atoms with E-state index in [-0.39, 0.29) is 12.3 Å². The summed E-state index contributed by atoms with van der Waals surface area (Å²) in [4.78, 5) is 10.7. The van der Waals surface area contributed by atoms with E-state index in [1.165, 1.54) is 12.1 Å². The van der Waals surface area contributed by atoms with Crippen molar-refractivity contribution in [2.45, 2.75) is 6.61 Å². The summed E-state index contributed by atoms with van der Waals surface area (Å²) in [5.41, 5.74) is 0.774. The first-order chi connectivity index (χ1) is 7.96. The molecule has 1 aromatic carbocycles. The second kappa shape index (κ2) is 5.51. The summed E-state index contributed by atoms with van der Waals surface area (Å²) in [6, 6.07) is 6.12. The van der Waals surface area contributed by atoms with Gasteiger partial charge in [-0.05, 0) is 17.7 Å². The molecule has 3 N–H and O–H groups in total. The smallest absolute Gasteiger partial charge is 0.422 e. The molecule has 0 aliphatic heterocycles. The number of benzene rings is 1. The van der Waals surface area contributed by atoms with Crippen LogP contribution >= 0.6 is 0 Å². The molecule has 0 heterocycles. The average Bonchev–Trinajstić information content (AvgIpc) is 2.27. The number of aliphatic hydroxyl groups excluding tert-OH is 1. The van der Waals surface area contributed by atoms with E-state index in [1.54, 1.807) is 16.9 Å². The Hall–Kier alpha value is -1.80. The molecule has 0 bridgehead atoms. The lowest BCUT2D eigenvalue weighted by atomic mass is 10.2. The van der Waals surface area contributed by atoms with E-state index in [0.29, 0.717) is 5.56 Å². The van der Waals surface area contributed by atoms with Crippen molar-refractivity contribution < 1.29 is 23.1 Å². The van der Waals surface area contributed by atoms with Crippen LogP contribution in [0.5, 0.6) is 0 Å². The highest BCUT2D eigenvalue weighted by atomic mass is 32.2. The Balaban J connectivity index is 2.79. The van der Waals surface area contributed by atoms with Crippen LogP contribution in [0.2, 0.25) is 0 Å². The number of carbonyl (C=O) groups is 1. The fourth-order valence-electron chi connectivity index (χ4n) is 1.07. The second-order valence-electron chi connectivity index (χ2n) is 3.06. The van der Waals surface area contributed by atoms with Crippen molar-refractivity contribution in [2.24, 2.45) is 0 Å². The van der Waals surface area contributed by atoms with Gasteiger partial charge >= 0.3 is 16.3 Å². The number of amides is 1. The molecule has 0 fully saturated rings. The minimum absolute atomic E-state index is 0.208. The third kappa shape index (κ3) is 4.29. The van der Waals surface area contributed by atoms with Crippen molar-refractivity contribution in [1.82, 2.24) is 4.72 Å². The predicted octanol–water partition coefficient (Wildman–Crippen LogP) is 0.192. The number of carbonyl (C=O) groups excluding carboxylic acids is 1. The van der Waals surface area contributed by atoms with Crippen LogP contribution in [-0.4, -0.2) is 26.7 Å². The third-order valence-electron chi connectivity index (χ3n) is 1.76. The van der Waals surface area contributed by atoms with Crippen molar-refractivity contribution in [3.05, 3.63) is 29.8 Å². The van der Waals surface area contributed by atoms with Crippen LogP contribution in [-0.2, 0) is 21.6 Å². The monoisotopic (exact) mass is 260 g/mol. The van der Waals surface area contributed by atoms with Gasteiger partial charge in [0.15, 0.2) is 0 Å². The fraction of sp³-hybridized carbons (Fsp3) is 0.222. The van der Waals surface area contributed by atoms with Gasteiger partial charge in [0.25, 0.3) is 0 Å². The number of ether oxygens (including phenoxy) is 1. The highest BCUT2D eigenvalue weighted by Crippen LogP contribution is 2.11. The van der Waals surface area contributed by atoms with Crippen molar-refractivity contribution in [1.29, 1.82) is 0 Å². The van der Waals surface area contributed by atoms with E-state index in [2.05, 4.69) is 9.46 Å². The minimum atomic E-state index is -4.03. The summed E-state index contributed by atoms with van der Waals surface area (Å²) in [6.07, 6.45) is -1.09. The summed E-state index contributed by atoms with van der Waals surface area (Å²) in [7, 11) is -2.97. The molecule has 0 saturated carbocycles. The SMILES string of the molecule is COC(=O)NS(=O)(=O)Nc1cccc(CO)c1. The zero-order valence-corrected chi connectivity index (χ0v) is 9.82. The van der Waals surface area contributed by atoms with Crippen molar-refractivity contribution in [2.75, 3.05) is 11.8 Å². The summed E-state index contributed by atoms with van der Waals surface area (Å²) < 4.78 is 30.7. The lowest BCUT2D eigenvalue weighted by Gasteiger charge is -2.09. The zero-order chi connectivity index (χ0) is 12.9. The maximum atomic E-state index is 11.4. The quantitative estimate of drug-likeness (QED) is 0.717. The number of aliphatic hydroxyl groups is 1. The van der Waals surface area contributed by atoms with E-state index < -0.39 is 16.3 Å². The van der Waals surface area contributed by atoms with Gasteiger partial charge in [-0.2, -0.15) is 8.42 Å². The number of hydrogen-bond acceptors (Lipinski definition) is 5. The van der Waals surface area contributed by atoms with Crippen LogP contribution in [0.1, 0.15) is 5.56 Å². The van der Waals surface area contributed by atoms with Gasteiger partial charge in [0.2, 0.25) is 0 Å². The Bertz CT molecular complexity index is 500. The van der Waals surface area contributed by atoms with Gasteiger partial charge in [0.1, 0.15) is 0 Å². The number of rotatable bonds is 4. The number of methoxy groups -OCH3 is 1. The Labute approximate surface area is 98.6 Å². The molecule has 0 unspecified atom stereocenters. The Morgan fingerprint density at radius 1 is 1.47 bits per heavy atom. The maximum Gasteiger partial charge on any atom is 0.422 e. The largest absolute Gasteiger partial charge is 0.452 e. The van der Waals surface area contributed by atoms with Crippen LogP contribution in [0.15, 0.2) is 24.3 Å². The lowest BCUT2D eigenvalue weighted by Crippen LogP contribution is -2.35. The first kappa shape index (κ1) is 13.3. The Kier molecular flexibility index (Phi) is 4.30. The van der Waals surface area contributed by atoms with E-state index in [1.807, 2.05) is 0 Å². The third-order valence-corrected chi connectivity index (χ3v) is 2.70. The van der Waals surface area contributed by atoms with Gasteiger partial charge in [0.05, 0.1) is 19.4 Å². The Morgan fingerprint density at radius 2 is 2.18 bits per heavy atom. The number of nitrogens with one attached hydrogen (secondary N) is 2. The van der Waals surface area contributed by atoms with Gasteiger partial charge in [-0.3, -0.25) is 4.72 Å². The molecule has 0 aliphatic rings. The molecule has 1 rings (SSSR count). The molecule has 0 aromatic heterocycles. The normalized spacial score (nSPS) is 10.7. The van der Waals surface area contributed by atoms with Gasteiger partial charge < -0.3 is 9.84 Å². The second-order valence-corrected chi connectivity index (χ2v) is 4.47. The summed E-state index contributed by atoms with van der Waals surface area (Å²) >= 11 is 0. The molecule has 0 saturated heterocycles. The summed E-state index contributed by atoms with van der Waals surface area (Å²) in [6.45, 7) is -0.208. The molecule has 1 amide bonds. The molecule has 1 aromatic rings.